The number of tetrazole rings is 1. The number of aromatic nitrogens is 5. The van der Waals surface area contributed by atoms with Crippen LogP contribution in [0.1, 0.15) is 0 Å². The van der Waals surface area contributed by atoms with Crippen molar-refractivity contribution in [2.24, 2.45) is 7.05 Å². The molecular formula is C20H22FN6O8P. The van der Waals surface area contributed by atoms with Crippen molar-refractivity contribution >= 4 is 19.6 Å². The van der Waals surface area contributed by atoms with Crippen molar-refractivity contribution in [1.29, 1.82) is 0 Å². The molecule has 14 nitrogen and oxygen atoms in total. The second-order valence-electron chi connectivity index (χ2n) is 7.75. The number of phosphoric acid groups is 1. The number of carbonyl (C=O) groups is 1. The van der Waals surface area contributed by atoms with Crippen molar-refractivity contribution < 1.29 is 42.6 Å². The Balaban J connectivity index is 1.37. The van der Waals surface area contributed by atoms with Gasteiger partial charge in [-0.1, -0.05) is 6.07 Å². The highest BCUT2D eigenvalue weighted by molar-refractivity contribution is 7.46. The van der Waals surface area contributed by atoms with Crippen molar-refractivity contribution in [3.05, 3.63) is 42.3 Å². The van der Waals surface area contributed by atoms with Crippen molar-refractivity contribution in [3.63, 3.8) is 0 Å². The van der Waals surface area contributed by atoms with Gasteiger partial charge >= 0.3 is 13.9 Å². The zero-order valence-electron chi connectivity index (χ0n) is 18.8. The van der Waals surface area contributed by atoms with Crippen molar-refractivity contribution in [2.45, 2.75) is 12.2 Å². The fraction of sp³-hybridized carbons (Fsp3) is 0.350. The molecule has 1 aromatic carbocycles. The van der Waals surface area contributed by atoms with Crippen LogP contribution >= 0.6 is 7.82 Å². The van der Waals surface area contributed by atoms with Gasteiger partial charge in [0.1, 0.15) is 23.7 Å². The van der Waals surface area contributed by atoms with E-state index in [0.29, 0.717) is 17.1 Å². The summed E-state index contributed by atoms with van der Waals surface area (Å²) in [5.41, 5.74) is 1.54. The van der Waals surface area contributed by atoms with Crippen LogP contribution in [0.4, 0.5) is 14.9 Å². The molecular weight excluding hydrogens is 502 g/mol. The lowest BCUT2D eigenvalue weighted by Crippen LogP contribution is -2.28. The summed E-state index contributed by atoms with van der Waals surface area (Å²) in [6.07, 6.45) is -1.19. The molecule has 1 unspecified atom stereocenters. The van der Waals surface area contributed by atoms with E-state index in [0.717, 1.165) is 0 Å². The van der Waals surface area contributed by atoms with E-state index in [1.807, 2.05) is 0 Å². The van der Waals surface area contributed by atoms with Crippen molar-refractivity contribution in [3.8, 4) is 22.6 Å². The lowest BCUT2D eigenvalue weighted by Gasteiger charge is -2.17. The average Bonchev–Trinajstić information content (AvgIpc) is 3.43. The Bertz CT molecular complexity index is 1270. The van der Waals surface area contributed by atoms with Gasteiger partial charge in [0.25, 0.3) is 0 Å². The molecule has 1 aliphatic rings. The van der Waals surface area contributed by atoms with Gasteiger partial charge in [-0.25, -0.2) is 13.8 Å². The molecule has 1 fully saturated rings. The number of rotatable bonds is 10. The van der Waals surface area contributed by atoms with Gasteiger partial charge in [-0.2, -0.15) is 4.80 Å². The highest BCUT2D eigenvalue weighted by Crippen LogP contribution is 2.37. The Morgan fingerprint density at radius 1 is 1.31 bits per heavy atom. The number of aliphatic hydroxyl groups is 1. The van der Waals surface area contributed by atoms with Crippen LogP contribution in [0.25, 0.3) is 22.6 Å². The monoisotopic (exact) mass is 524 g/mol. The average molecular weight is 524 g/mol. The molecule has 4 rings (SSSR count). The van der Waals surface area contributed by atoms with Crippen LogP contribution in [0.5, 0.6) is 0 Å². The van der Waals surface area contributed by atoms with Gasteiger partial charge in [0.05, 0.1) is 39.1 Å². The van der Waals surface area contributed by atoms with Crippen LogP contribution in [0.2, 0.25) is 0 Å². The molecule has 0 aliphatic carbocycles. The Kier molecular flexibility index (Phi) is 7.68. The van der Waals surface area contributed by atoms with E-state index < -0.39 is 38.5 Å². The standard InChI is InChI=1S/C20H22FN6O8P/c1-26-24-19(23-25-26)18-5-2-12(7-22-18)16-4-3-13(6-17(16)21)27-8-14(34-20(27)29)10-33-11-15(9-28)35-36(30,31)32/h2-7,14-15,28H,8-11H2,1H3,(H2,30,31,32)/t14-,15?/m1/s1. The molecule has 2 atom stereocenters. The first-order valence-corrected chi connectivity index (χ1v) is 12.1. The summed E-state index contributed by atoms with van der Waals surface area (Å²) in [7, 11) is -3.16. The zero-order chi connectivity index (χ0) is 25.9. The zero-order valence-corrected chi connectivity index (χ0v) is 19.7. The Morgan fingerprint density at radius 3 is 2.72 bits per heavy atom. The first-order chi connectivity index (χ1) is 17.1. The highest BCUT2D eigenvalue weighted by Gasteiger charge is 2.33. The first-order valence-electron chi connectivity index (χ1n) is 10.5. The molecule has 0 saturated carbocycles. The van der Waals surface area contributed by atoms with Gasteiger partial charge in [0.2, 0.25) is 5.82 Å². The first kappa shape index (κ1) is 25.8. The molecule has 3 aromatic rings. The summed E-state index contributed by atoms with van der Waals surface area (Å²) < 4.78 is 40.6. The number of nitrogens with zero attached hydrogens (tertiary/aromatic N) is 6. The molecule has 16 heteroatoms. The van der Waals surface area contributed by atoms with E-state index in [9.17, 15) is 13.8 Å². The second kappa shape index (κ2) is 10.7. The van der Waals surface area contributed by atoms with Crippen molar-refractivity contribution in [1.82, 2.24) is 25.2 Å². The molecule has 3 N–H and O–H groups in total. The summed E-state index contributed by atoms with van der Waals surface area (Å²) in [5.74, 6) is -0.236. The number of hydrogen-bond donors (Lipinski definition) is 3. The minimum atomic E-state index is -4.79. The number of halogens is 1. The molecule has 0 radical (unpaired) electrons. The number of ether oxygens (including phenoxy) is 2. The molecule has 0 spiro atoms. The molecule has 1 amide bonds. The summed E-state index contributed by atoms with van der Waals surface area (Å²) in [5, 5.41) is 20.8. The Morgan fingerprint density at radius 2 is 2.11 bits per heavy atom. The van der Waals surface area contributed by atoms with E-state index in [-0.39, 0.29) is 31.0 Å². The number of benzene rings is 1. The maximum atomic E-state index is 14.9. The molecule has 1 aliphatic heterocycles. The van der Waals surface area contributed by atoms with Gasteiger partial charge in [-0.05, 0) is 29.5 Å². The van der Waals surface area contributed by atoms with Gasteiger partial charge < -0.3 is 24.4 Å². The highest BCUT2D eigenvalue weighted by atomic mass is 31.2. The minimum Gasteiger partial charge on any atom is -0.441 e. The number of aliphatic hydroxyl groups excluding tert-OH is 1. The largest absolute Gasteiger partial charge is 0.470 e. The molecule has 0 bridgehead atoms. The number of pyridine rings is 1. The number of amides is 1. The number of phosphoric ester groups is 1. The maximum Gasteiger partial charge on any atom is 0.470 e. The fourth-order valence-corrected chi connectivity index (χ4v) is 3.95. The summed E-state index contributed by atoms with van der Waals surface area (Å²) in [6.45, 7) is -1.08. The van der Waals surface area contributed by atoms with E-state index >= 15 is 0 Å². The molecule has 3 heterocycles. The summed E-state index contributed by atoms with van der Waals surface area (Å²) >= 11 is 0. The van der Waals surface area contributed by atoms with Crippen LogP contribution < -0.4 is 4.90 Å². The number of carbonyl (C=O) groups excluding carboxylic acids is 1. The molecule has 36 heavy (non-hydrogen) atoms. The third-order valence-corrected chi connectivity index (χ3v) is 5.62. The lowest BCUT2D eigenvalue weighted by molar-refractivity contribution is -0.0178. The van der Waals surface area contributed by atoms with E-state index in [1.54, 1.807) is 25.2 Å². The number of aryl methyl sites for hydroxylation is 1. The van der Waals surface area contributed by atoms with E-state index in [4.69, 9.17) is 24.4 Å². The van der Waals surface area contributed by atoms with Gasteiger partial charge in [-0.15, -0.1) is 10.2 Å². The van der Waals surface area contributed by atoms with Crippen LogP contribution in [-0.2, 0) is 25.6 Å². The van der Waals surface area contributed by atoms with Gasteiger partial charge in [0.15, 0.2) is 0 Å². The number of hydrogen-bond acceptors (Lipinski definition) is 10. The predicted molar refractivity (Wildman–Crippen MR) is 120 cm³/mol. The lowest BCUT2D eigenvalue weighted by atomic mass is 10.1. The topological polar surface area (TPSA) is 182 Å². The third-order valence-electron chi connectivity index (χ3n) is 5.05. The SMILES string of the molecule is Cn1nnc(-c2ccc(-c3ccc(N4C[C@H](COCC(CO)OP(=O)(O)O)OC4=O)cc3F)cn2)n1. The molecule has 192 valence electrons. The Hall–Kier alpha value is -3.33. The van der Waals surface area contributed by atoms with Crippen molar-refractivity contribution in [2.75, 3.05) is 31.3 Å². The maximum absolute atomic E-state index is 14.9. The molecule has 2 aromatic heterocycles. The van der Waals surface area contributed by atoms with Crippen LogP contribution in [0.3, 0.4) is 0 Å². The molecule has 1 saturated heterocycles. The fourth-order valence-electron chi connectivity index (χ4n) is 3.44. The minimum absolute atomic E-state index is 0.0577. The quantitative estimate of drug-likeness (QED) is 0.319. The van der Waals surface area contributed by atoms with Gasteiger partial charge in [0, 0.05) is 17.3 Å². The normalized spacial score (nSPS) is 16.9. The van der Waals surface area contributed by atoms with E-state index in [2.05, 4.69) is 24.9 Å². The van der Waals surface area contributed by atoms with Gasteiger partial charge in [-0.3, -0.25) is 14.4 Å². The second-order valence-corrected chi connectivity index (χ2v) is 8.95. The van der Waals surface area contributed by atoms with E-state index in [1.165, 1.54) is 28.0 Å². The third kappa shape index (κ3) is 6.26. The Labute approximate surface area is 203 Å². The van der Waals surface area contributed by atoms with Crippen LogP contribution in [0.15, 0.2) is 36.5 Å². The van der Waals surface area contributed by atoms with Crippen LogP contribution in [0, 0.1) is 5.82 Å². The number of cyclic esters (lactones) is 1. The smallest absolute Gasteiger partial charge is 0.441 e. The number of anilines is 1. The predicted octanol–water partition coefficient (Wildman–Crippen LogP) is 0.890. The van der Waals surface area contributed by atoms with Crippen LogP contribution in [-0.4, -0.2) is 84.8 Å². The summed E-state index contributed by atoms with van der Waals surface area (Å²) in [6, 6.07) is 7.60. The summed E-state index contributed by atoms with van der Waals surface area (Å²) in [4.78, 5) is 36.7.